The molecular weight excluding hydrogens is 602 g/mol. The number of esters is 1. The van der Waals surface area contributed by atoms with E-state index in [1.54, 1.807) is 57.7 Å². The molecule has 0 saturated carbocycles. The van der Waals surface area contributed by atoms with E-state index in [4.69, 9.17) is 18.9 Å². The van der Waals surface area contributed by atoms with Crippen LogP contribution >= 0.6 is 0 Å². The summed E-state index contributed by atoms with van der Waals surface area (Å²) in [5, 5.41) is 9.03. The summed E-state index contributed by atoms with van der Waals surface area (Å²) < 4.78 is 21.9. The second-order valence-corrected chi connectivity index (χ2v) is 11.3. The van der Waals surface area contributed by atoms with E-state index in [0.29, 0.717) is 66.3 Å². The van der Waals surface area contributed by atoms with Crippen molar-refractivity contribution in [2.75, 3.05) is 40.3 Å². The molecule has 47 heavy (non-hydrogen) atoms. The average molecular weight is 646 g/mol. The molecule has 0 bridgehead atoms. The van der Waals surface area contributed by atoms with Gasteiger partial charge in [-0.25, -0.2) is 4.79 Å². The normalized spacial score (nSPS) is 13.9. The molecule has 3 aromatic carbocycles. The highest BCUT2D eigenvalue weighted by Crippen LogP contribution is 2.50. The number of carbonyl (C=O) groups excluding carboxylic acids is 3. The zero-order valence-corrected chi connectivity index (χ0v) is 27.6. The minimum atomic E-state index is -0.861. The van der Waals surface area contributed by atoms with Crippen molar-refractivity contribution in [1.82, 2.24) is 10.6 Å². The summed E-state index contributed by atoms with van der Waals surface area (Å²) in [6.45, 7) is 1.98. The number of carbonyl (C=O) groups is 3. The number of rotatable bonds is 14. The van der Waals surface area contributed by atoms with Crippen LogP contribution in [-0.2, 0) is 25.5 Å². The first-order chi connectivity index (χ1) is 22.7. The number of anilines is 1. The number of hydrogen-bond acceptors (Lipinski definition) is 9. The standard InChI is InChI=1S/C36H43N3O8/c1-22(40)38-27-17-15-24-20-30(44-2)34(45-3)35(46-4)32(24)25-16-18-28(29(41)21-26(25)27)37-19-11-7-10-14-31(42)39-33(36(43)47-5)23-12-8-6-9-13-23/h6,8-9,12-13,16,18,20-21,27,33H,7,10-11,14-15,17,19H2,1-5H3,(H,37,41)(H,38,40)(H,39,42)/t27-,33-/m1/s1. The maximum Gasteiger partial charge on any atom is 0.333 e. The Morgan fingerprint density at radius 2 is 1.64 bits per heavy atom. The fourth-order valence-electron chi connectivity index (χ4n) is 5.94. The largest absolute Gasteiger partial charge is 0.493 e. The molecule has 250 valence electrons. The van der Waals surface area contributed by atoms with Crippen molar-refractivity contribution in [3.05, 3.63) is 81.5 Å². The molecule has 3 aromatic rings. The molecule has 0 heterocycles. The van der Waals surface area contributed by atoms with Gasteiger partial charge in [-0.15, -0.1) is 0 Å². The Hall–Kier alpha value is -5.06. The van der Waals surface area contributed by atoms with E-state index < -0.39 is 18.1 Å². The van der Waals surface area contributed by atoms with Crippen LogP contribution in [0.15, 0.2) is 59.4 Å². The van der Waals surface area contributed by atoms with Gasteiger partial charge in [0.15, 0.2) is 17.5 Å². The lowest BCUT2D eigenvalue weighted by molar-refractivity contribution is -0.145. The Bertz CT molecular complexity index is 1640. The van der Waals surface area contributed by atoms with Gasteiger partial charge in [0.25, 0.3) is 0 Å². The summed E-state index contributed by atoms with van der Waals surface area (Å²) in [5.41, 5.74) is 4.05. The van der Waals surface area contributed by atoms with Crippen molar-refractivity contribution >= 4 is 23.5 Å². The highest BCUT2D eigenvalue weighted by molar-refractivity contribution is 5.86. The minimum Gasteiger partial charge on any atom is -0.493 e. The molecule has 0 aromatic heterocycles. The molecule has 1 aliphatic rings. The van der Waals surface area contributed by atoms with Crippen LogP contribution in [0.1, 0.15) is 67.8 Å². The molecule has 0 saturated heterocycles. The molecule has 0 aliphatic heterocycles. The Balaban J connectivity index is 1.47. The van der Waals surface area contributed by atoms with Crippen molar-refractivity contribution < 1.29 is 33.3 Å². The second-order valence-electron chi connectivity index (χ2n) is 11.3. The number of unbranched alkanes of at least 4 members (excludes halogenated alkanes) is 2. The SMILES string of the molecule is COC(=O)[C@H](NC(=O)CCCCCNc1ccc2c(cc1=O)[C@H](NC(C)=O)CCc1cc(OC)c(OC)c(OC)c1-2)c1ccccc1. The number of hydrogen-bond donors (Lipinski definition) is 3. The molecule has 2 atom stereocenters. The first-order valence-electron chi connectivity index (χ1n) is 15.7. The first kappa shape index (κ1) is 34.8. The zero-order chi connectivity index (χ0) is 33.9. The Kier molecular flexibility index (Phi) is 12.2. The average Bonchev–Trinajstić information content (AvgIpc) is 3.32. The van der Waals surface area contributed by atoms with E-state index in [2.05, 4.69) is 16.0 Å². The number of nitrogens with one attached hydrogen (secondary N) is 3. The summed E-state index contributed by atoms with van der Waals surface area (Å²) in [6, 6.07) is 14.8. The third kappa shape index (κ3) is 8.41. The fourth-order valence-corrected chi connectivity index (χ4v) is 5.94. The summed E-state index contributed by atoms with van der Waals surface area (Å²) in [4.78, 5) is 50.5. The molecule has 3 N–H and O–H groups in total. The van der Waals surface area contributed by atoms with Gasteiger partial charge in [0, 0.05) is 25.5 Å². The lowest BCUT2D eigenvalue weighted by Crippen LogP contribution is -2.34. The van der Waals surface area contributed by atoms with Gasteiger partial charge in [0.1, 0.15) is 0 Å². The quantitative estimate of drug-likeness (QED) is 0.165. The van der Waals surface area contributed by atoms with E-state index in [1.165, 1.54) is 14.0 Å². The summed E-state index contributed by atoms with van der Waals surface area (Å²) in [6.07, 6.45) is 3.49. The van der Waals surface area contributed by atoms with Crippen molar-refractivity contribution in [1.29, 1.82) is 0 Å². The Morgan fingerprint density at radius 3 is 2.30 bits per heavy atom. The summed E-state index contributed by atoms with van der Waals surface area (Å²) in [5.74, 6) is 0.506. The van der Waals surface area contributed by atoms with Gasteiger partial charge in [-0.2, -0.15) is 0 Å². The van der Waals surface area contributed by atoms with E-state index in [9.17, 15) is 19.2 Å². The smallest absolute Gasteiger partial charge is 0.333 e. The van der Waals surface area contributed by atoms with E-state index in [-0.39, 0.29) is 23.7 Å². The van der Waals surface area contributed by atoms with Crippen LogP contribution in [0, 0.1) is 0 Å². The van der Waals surface area contributed by atoms with Crippen LogP contribution in [0.3, 0.4) is 0 Å². The predicted octanol–water partition coefficient (Wildman–Crippen LogP) is 4.87. The zero-order valence-electron chi connectivity index (χ0n) is 27.6. The highest BCUT2D eigenvalue weighted by Gasteiger charge is 2.29. The second kappa shape index (κ2) is 16.5. The monoisotopic (exact) mass is 645 g/mol. The number of methoxy groups -OCH3 is 4. The third-order valence-electron chi connectivity index (χ3n) is 8.19. The topological polar surface area (TPSA) is 141 Å². The Morgan fingerprint density at radius 1 is 0.894 bits per heavy atom. The lowest BCUT2D eigenvalue weighted by Gasteiger charge is -2.19. The van der Waals surface area contributed by atoms with Gasteiger partial charge < -0.3 is 34.9 Å². The molecule has 11 nitrogen and oxygen atoms in total. The van der Waals surface area contributed by atoms with Crippen LogP contribution in [0.25, 0.3) is 11.1 Å². The lowest BCUT2D eigenvalue weighted by atomic mass is 9.95. The number of amides is 2. The molecule has 1 aliphatic carbocycles. The fraction of sp³-hybridized carbons (Fsp3) is 0.389. The number of fused-ring (bicyclic) bond motifs is 3. The van der Waals surface area contributed by atoms with Gasteiger partial charge in [-0.05, 0) is 66.1 Å². The van der Waals surface area contributed by atoms with Crippen LogP contribution in [-0.4, -0.2) is 52.8 Å². The summed E-state index contributed by atoms with van der Waals surface area (Å²) >= 11 is 0. The molecule has 0 radical (unpaired) electrons. The first-order valence-corrected chi connectivity index (χ1v) is 15.7. The molecule has 2 amide bonds. The molecular formula is C36H43N3O8. The van der Waals surface area contributed by atoms with Crippen LogP contribution in [0.5, 0.6) is 17.2 Å². The van der Waals surface area contributed by atoms with E-state index >= 15 is 0 Å². The van der Waals surface area contributed by atoms with Crippen molar-refractivity contribution in [2.24, 2.45) is 0 Å². The van der Waals surface area contributed by atoms with E-state index in [0.717, 1.165) is 23.1 Å². The van der Waals surface area contributed by atoms with Gasteiger partial charge in [0.2, 0.25) is 23.0 Å². The van der Waals surface area contributed by atoms with Gasteiger partial charge >= 0.3 is 5.97 Å². The minimum absolute atomic E-state index is 0.194. The van der Waals surface area contributed by atoms with Crippen molar-refractivity contribution in [3.63, 3.8) is 0 Å². The Labute approximate surface area is 275 Å². The van der Waals surface area contributed by atoms with Crippen LogP contribution in [0.4, 0.5) is 5.69 Å². The van der Waals surface area contributed by atoms with Gasteiger partial charge in [0.05, 0.1) is 40.2 Å². The van der Waals surface area contributed by atoms with Gasteiger partial charge in [-0.1, -0.05) is 42.8 Å². The van der Waals surface area contributed by atoms with Gasteiger partial charge in [-0.3, -0.25) is 14.4 Å². The highest BCUT2D eigenvalue weighted by atomic mass is 16.5. The molecule has 4 rings (SSSR count). The number of aryl methyl sites for hydroxylation is 1. The molecule has 0 fully saturated rings. The molecule has 0 unspecified atom stereocenters. The number of benzene rings is 2. The summed E-state index contributed by atoms with van der Waals surface area (Å²) in [7, 11) is 5.97. The molecule has 11 heteroatoms. The van der Waals surface area contributed by atoms with Crippen LogP contribution < -0.4 is 35.6 Å². The maximum atomic E-state index is 13.5. The molecule has 0 spiro atoms. The van der Waals surface area contributed by atoms with Crippen molar-refractivity contribution in [2.45, 2.75) is 57.5 Å². The maximum absolute atomic E-state index is 13.5. The predicted molar refractivity (Wildman–Crippen MR) is 179 cm³/mol. The van der Waals surface area contributed by atoms with Crippen molar-refractivity contribution in [3.8, 4) is 28.4 Å². The van der Waals surface area contributed by atoms with E-state index in [1.807, 2.05) is 18.2 Å². The van der Waals surface area contributed by atoms with Crippen LogP contribution in [0.2, 0.25) is 0 Å². The third-order valence-corrected chi connectivity index (χ3v) is 8.19. The number of ether oxygens (including phenoxy) is 4.